The van der Waals surface area contributed by atoms with E-state index >= 15 is 0 Å². The zero-order valence-corrected chi connectivity index (χ0v) is 11.1. The monoisotopic (exact) mass is 272 g/mol. The summed E-state index contributed by atoms with van der Waals surface area (Å²) in [7, 11) is 0. The Morgan fingerprint density at radius 2 is 2.17 bits per heavy atom. The van der Waals surface area contributed by atoms with Gasteiger partial charge < -0.3 is 5.11 Å². The Balaban J connectivity index is 2.82. The number of rotatable bonds is 7. The number of nitrogens with zero attached hydrogens (tertiary/aromatic N) is 2. The quantitative estimate of drug-likeness (QED) is 0.612. The fourth-order valence-corrected chi connectivity index (χ4v) is 1.97. The molecule has 1 N–H and O–H groups in total. The van der Waals surface area contributed by atoms with Gasteiger partial charge in [-0.15, -0.1) is 0 Å². The number of hydrogen-bond acceptors (Lipinski definition) is 4. The van der Waals surface area contributed by atoms with E-state index in [4.69, 9.17) is 16.7 Å². The maximum Gasteiger partial charge on any atom is 0.288 e. The van der Waals surface area contributed by atoms with E-state index in [0.717, 1.165) is 18.5 Å². The molecule has 0 aliphatic carbocycles. The third-order valence-corrected chi connectivity index (χ3v) is 2.89. The van der Waals surface area contributed by atoms with Crippen molar-refractivity contribution in [2.45, 2.75) is 19.9 Å². The number of benzene rings is 1. The molecule has 0 unspecified atom stereocenters. The van der Waals surface area contributed by atoms with Crippen molar-refractivity contribution in [1.82, 2.24) is 4.90 Å². The smallest absolute Gasteiger partial charge is 0.288 e. The molecule has 0 radical (unpaired) electrons. The molecular weight excluding hydrogens is 256 g/mol. The molecule has 1 aromatic carbocycles. The summed E-state index contributed by atoms with van der Waals surface area (Å²) in [4.78, 5) is 12.3. The Hall–Kier alpha value is -1.17. The van der Waals surface area contributed by atoms with Crippen molar-refractivity contribution in [2.75, 3.05) is 19.7 Å². The summed E-state index contributed by atoms with van der Waals surface area (Å²) in [5.74, 6) is 0. The van der Waals surface area contributed by atoms with Gasteiger partial charge in [0.25, 0.3) is 5.69 Å². The van der Waals surface area contributed by atoms with Gasteiger partial charge in [0.15, 0.2) is 0 Å². The molecule has 0 aliphatic heterocycles. The van der Waals surface area contributed by atoms with Crippen molar-refractivity contribution in [3.63, 3.8) is 0 Å². The van der Waals surface area contributed by atoms with Gasteiger partial charge in [0.1, 0.15) is 5.02 Å². The number of hydrogen-bond donors (Lipinski definition) is 1. The average Bonchev–Trinajstić information content (AvgIpc) is 2.32. The second-order valence-corrected chi connectivity index (χ2v) is 4.45. The van der Waals surface area contributed by atoms with E-state index in [1.54, 1.807) is 6.07 Å². The van der Waals surface area contributed by atoms with Crippen LogP contribution in [0, 0.1) is 10.1 Å². The largest absolute Gasteiger partial charge is 0.395 e. The lowest BCUT2D eigenvalue weighted by atomic mass is 10.2. The number of halogens is 1. The first kappa shape index (κ1) is 14.9. The summed E-state index contributed by atoms with van der Waals surface area (Å²) >= 11 is 5.75. The number of nitro groups is 1. The van der Waals surface area contributed by atoms with Crippen LogP contribution in [0.25, 0.3) is 0 Å². The van der Waals surface area contributed by atoms with E-state index in [2.05, 4.69) is 6.92 Å². The zero-order chi connectivity index (χ0) is 13.5. The van der Waals surface area contributed by atoms with Gasteiger partial charge in [-0.05, 0) is 24.6 Å². The molecule has 0 heterocycles. The fraction of sp³-hybridized carbons (Fsp3) is 0.500. The van der Waals surface area contributed by atoms with Crippen LogP contribution in [-0.4, -0.2) is 34.6 Å². The lowest BCUT2D eigenvalue weighted by Crippen LogP contribution is -2.27. The fourth-order valence-electron chi connectivity index (χ4n) is 1.78. The molecule has 0 spiro atoms. The van der Waals surface area contributed by atoms with Crippen LogP contribution in [0.3, 0.4) is 0 Å². The van der Waals surface area contributed by atoms with Crippen LogP contribution < -0.4 is 0 Å². The van der Waals surface area contributed by atoms with Crippen molar-refractivity contribution < 1.29 is 10.0 Å². The first-order valence-corrected chi connectivity index (χ1v) is 6.22. The Morgan fingerprint density at radius 3 is 2.72 bits per heavy atom. The maximum absolute atomic E-state index is 10.8. The highest BCUT2D eigenvalue weighted by Gasteiger charge is 2.14. The molecule has 5 nitrogen and oxygen atoms in total. The Morgan fingerprint density at radius 1 is 1.44 bits per heavy atom. The molecule has 0 amide bonds. The van der Waals surface area contributed by atoms with Gasteiger partial charge in [-0.3, -0.25) is 15.0 Å². The summed E-state index contributed by atoms with van der Waals surface area (Å²) in [5, 5.41) is 19.9. The molecule has 6 heteroatoms. The third-order valence-electron chi connectivity index (χ3n) is 2.57. The molecule has 1 aromatic rings. The van der Waals surface area contributed by atoms with Crippen molar-refractivity contribution in [1.29, 1.82) is 0 Å². The summed E-state index contributed by atoms with van der Waals surface area (Å²) in [6.07, 6.45) is 0.968. The molecule has 0 saturated carbocycles. The van der Waals surface area contributed by atoms with Crippen molar-refractivity contribution in [3.8, 4) is 0 Å². The van der Waals surface area contributed by atoms with Crippen molar-refractivity contribution >= 4 is 17.3 Å². The normalized spacial score (nSPS) is 10.9. The maximum atomic E-state index is 10.8. The van der Waals surface area contributed by atoms with E-state index in [9.17, 15) is 10.1 Å². The van der Waals surface area contributed by atoms with E-state index < -0.39 is 4.92 Å². The average molecular weight is 273 g/mol. The number of nitro benzene ring substituents is 1. The predicted molar refractivity (Wildman–Crippen MR) is 70.8 cm³/mol. The highest BCUT2D eigenvalue weighted by atomic mass is 35.5. The number of aliphatic hydroxyl groups is 1. The Bertz CT molecular complexity index is 406. The van der Waals surface area contributed by atoms with Crippen LogP contribution in [-0.2, 0) is 6.54 Å². The molecule has 0 fully saturated rings. The minimum Gasteiger partial charge on any atom is -0.395 e. The second kappa shape index (κ2) is 7.31. The van der Waals surface area contributed by atoms with Gasteiger partial charge in [-0.2, -0.15) is 0 Å². The molecule has 0 aliphatic rings. The van der Waals surface area contributed by atoms with Crippen molar-refractivity contribution in [2.24, 2.45) is 0 Å². The topological polar surface area (TPSA) is 66.6 Å². The molecule has 0 saturated heterocycles. The zero-order valence-electron chi connectivity index (χ0n) is 10.3. The lowest BCUT2D eigenvalue weighted by Gasteiger charge is -2.20. The van der Waals surface area contributed by atoms with Crippen LogP contribution in [0.5, 0.6) is 0 Å². The van der Waals surface area contributed by atoms with Crippen LogP contribution >= 0.6 is 11.6 Å². The lowest BCUT2D eigenvalue weighted by molar-refractivity contribution is -0.384. The third kappa shape index (κ3) is 4.25. The van der Waals surface area contributed by atoms with Gasteiger partial charge in [0, 0.05) is 19.2 Å². The summed E-state index contributed by atoms with van der Waals surface area (Å²) < 4.78 is 0. The minimum atomic E-state index is -0.484. The molecule has 0 bridgehead atoms. The second-order valence-electron chi connectivity index (χ2n) is 4.04. The predicted octanol–water partition coefficient (Wildman–Crippen LogP) is 2.45. The Labute approximate surface area is 111 Å². The van der Waals surface area contributed by atoms with Crippen LogP contribution in [0.2, 0.25) is 5.02 Å². The van der Waals surface area contributed by atoms with Gasteiger partial charge in [0.05, 0.1) is 11.5 Å². The van der Waals surface area contributed by atoms with Crippen LogP contribution in [0.4, 0.5) is 5.69 Å². The van der Waals surface area contributed by atoms with Crippen molar-refractivity contribution in [3.05, 3.63) is 38.9 Å². The van der Waals surface area contributed by atoms with Gasteiger partial charge in [-0.1, -0.05) is 24.6 Å². The van der Waals surface area contributed by atoms with Crippen LogP contribution in [0.1, 0.15) is 18.9 Å². The summed E-state index contributed by atoms with van der Waals surface area (Å²) in [6, 6.07) is 4.80. The first-order valence-electron chi connectivity index (χ1n) is 5.84. The molecule has 100 valence electrons. The standard InChI is InChI=1S/C12H17ClN2O3/c1-2-5-14(6-7-16)9-10-3-4-11(13)12(8-10)15(17)18/h3-4,8,16H,2,5-7,9H2,1H3. The highest BCUT2D eigenvalue weighted by molar-refractivity contribution is 6.32. The summed E-state index contributed by atoms with van der Waals surface area (Å²) in [6.45, 7) is 4.11. The highest BCUT2D eigenvalue weighted by Crippen LogP contribution is 2.25. The van der Waals surface area contributed by atoms with E-state index in [0.29, 0.717) is 13.1 Å². The minimum absolute atomic E-state index is 0.0744. The first-order chi connectivity index (χ1) is 8.58. The Kier molecular flexibility index (Phi) is 6.04. The number of aliphatic hydroxyl groups excluding tert-OH is 1. The van der Waals surface area contributed by atoms with Gasteiger partial charge in [0.2, 0.25) is 0 Å². The molecular formula is C12H17ClN2O3. The van der Waals surface area contributed by atoms with Gasteiger partial charge in [-0.25, -0.2) is 0 Å². The van der Waals surface area contributed by atoms with E-state index in [1.165, 1.54) is 12.1 Å². The molecule has 1 rings (SSSR count). The molecule has 0 atom stereocenters. The molecule has 18 heavy (non-hydrogen) atoms. The summed E-state index contributed by atoms with van der Waals surface area (Å²) in [5.41, 5.74) is 0.752. The SMILES string of the molecule is CCCN(CCO)Cc1ccc(Cl)c([N+](=O)[O-])c1. The molecule has 0 aromatic heterocycles. The van der Waals surface area contributed by atoms with E-state index in [1.807, 2.05) is 4.90 Å². The van der Waals surface area contributed by atoms with Gasteiger partial charge >= 0.3 is 0 Å². The van der Waals surface area contributed by atoms with Crippen LogP contribution in [0.15, 0.2) is 18.2 Å². The van der Waals surface area contributed by atoms with E-state index in [-0.39, 0.29) is 17.3 Å².